The fourth-order valence-corrected chi connectivity index (χ4v) is 8.67. The van der Waals surface area contributed by atoms with Crippen LogP contribution in [0.1, 0.15) is 271 Å². The zero-order valence-electron chi connectivity index (χ0n) is 41.4. The second-order valence-electron chi connectivity index (χ2n) is 18.4. The van der Waals surface area contributed by atoms with Crippen LogP contribution in [0.5, 0.6) is 0 Å². The summed E-state index contributed by atoms with van der Waals surface area (Å²) in [5.41, 5.74) is 0. The number of carbonyl (C=O) groups excluding carboxylic acids is 2. The maximum absolute atomic E-state index is 12.4. The quantitative estimate of drug-likeness (QED) is 0.0199. The Kier molecular flexibility index (Phi) is 46.4. The molecular formula is C52H100NO10P. The number of unbranched alkanes of at least 4 members (excludes halogenated alkanes) is 35. The van der Waals surface area contributed by atoms with Gasteiger partial charge in [0.1, 0.15) is 12.7 Å². The normalized spacial score (nSPS) is 13.6. The van der Waals surface area contributed by atoms with Crippen molar-refractivity contribution in [2.24, 2.45) is 0 Å². The summed E-state index contributed by atoms with van der Waals surface area (Å²) in [7, 11) is -4.76. The van der Waals surface area contributed by atoms with Gasteiger partial charge in [-0.2, -0.15) is 0 Å². The van der Waals surface area contributed by atoms with Crippen molar-refractivity contribution < 1.29 is 47.8 Å². The van der Waals surface area contributed by atoms with E-state index in [1.807, 2.05) is 0 Å². The molecular weight excluding hydrogens is 830 g/mol. The molecule has 0 aromatic rings. The number of carbonyl (C=O) groups is 3. The van der Waals surface area contributed by atoms with Crippen LogP contribution < -0.4 is 5.32 Å². The van der Waals surface area contributed by atoms with E-state index >= 15 is 0 Å². The average Bonchev–Trinajstić information content (AvgIpc) is 3.27. The number of carboxylic acids is 1. The predicted octanol–water partition coefficient (Wildman–Crippen LogP) is 14.8. The molecule has 0 bridgehead atoms. The predicted molar refractivity (Wildman–Crippen MR) is 263 cm³/mol. The second-order valence-corrected chi connectivity index (χ2v) is 19.9. The van der Waals surface area contributed by atoms with Crippen LogP contribution >= 0.6 is 7.82 Å². The highest BCUT2D eigenvalue weighted by Crippen LogP contribution is 2.43. The summed E-state index contributed by atoms with van der Waals surface area (Å²) in [6.45, 7) is 2.65. The first-order valence-corrected chi connectivity index (χ1v) is 28.2. The number of nitrogens with one attached hydrogen (secondary N) is 1. The average molecular weight is 930 g/mol. The van der Waals surface area contributed by atoms with Gasteiger partial charge in [-0.25, -0.2) is 9.36 Å². The van der Waals surface area contributed by atoms with Crippen molar-refractivity contribution in [3.05, 3.63) is 12.2 Å². The molecule has 0 radical (unpaired) electrons. The fourth-order valence-electron chi connectivity index (χ4n) is 7.90. The first-order chi connectivity index (χ1) is 31.1. The minimum Gasteiger partial charge on any atom is -0.480 e. The first kappa shape index (κ1) is 62.2. The molecule has 0 rings (SSSR count). The van der Waals surface area contributed by atoms with E-state index in [2.05, 4.69) is 31.3 Å². The van der Waals surface area contributed by atoms with E-state index in [0.717, 1.165) is 44.9 Å². The van der Waals surface area contributed by atoms with E-state index < -0.39 is 57.6 Å². The van der Waals surface area contributed by atoms with Gasteiger partial charge in [-0.15, -0.1) is 0 Å². The van der Waals surface area contributed by atoms with Gasteiger partial charge >= 0.3 is 19.8 Å². The Morgan fingerprint density at radius 3 is 1.19 bits per heavy atom. The van der Waals surface area contributed by atoms with Crippen LogP contribution in [0, 0.1) is 0 Å². The minimum atomic E-state index is -4.76. The zero-order valence-corrected chi connectivity index (χ0v) is 42.3. The first-order valence-electron chi connectivity index (χ1n) is 26.7. The van der Waals surface area contributed by atoms with Crippen LogP contribution in [0.4, 0.5) is 0 Å². The van der Waals surface area contributed by atoms with Crippen LogP contribution in [0.3, 0.4) is 0 Å². The Balaban J connectivity index is 3.78. The van der Waals surface area contributed by atoms with E-state index in [-0.39, 0.29) is 12.8 Å². The third-order valence-corrected chi connectivity index (χ3v) is 13.0. The number of rotatable bonds is 51. The van der Waals surface area contributed by atoms with Gasteiger partial charge in [0.15, 0.2) is 6.04 Å². The van der Waals surface area contributed by atoms with Crippen molar-refractivity contribution in [1.29, 1.82) is 0 Å². The molecule has 12 heteroatoms. The number of phosphoric ester groups is 1. The van der Waals surface area contributed by atoms with E-state index in [1.54, 1.807) is 0 Å². The van der Waals surface area contributed by atoms with E-state index in [1.165, 1.54) is 186 Å². The third kappa shape index (κ3) is 46.7. The Hall–Kier alpha value is -1.78. The van der Waals surface area contributed by atoms with Gasteiger partial charge < -0.3 is 25.2 Å². The topological polar surface area (TPSA) is 169 Å². The molecule has 3 unspecified atom stereocenters. The summed E-state index contributed by atoms with van der Waals surface area (Å²) in [6, 6.07) is -1.54. The number of carboxylic acid groups (broad SMARTS) is 1. The minimum absolute atomic E-state index is 0.152. The third-order valence-electron chi connectivity index (χ3n) is 12.1. The Morgan fingerprint density at radius 1 is 0.484 bits per heavy atom. The van der Waals surface area contributed by atoms with Crippen LogP contribution in [0.15, 0.2) is 12.2 Å². The van der Waals surface area contributed by atoms with E-state index in [0.29, 0.717) is 12.8 Å². The summed E-state index contributed by atoms with van der Waals surface area (Å²) in [5.74, 6) is -2.36. The van der Waals surface area contributed by atoms with Crippen LogP contribution in [0.2, 0.25) is 0 Å². The van der Waals surface area contributed by atoms with Gasteiger partial charge in [0.25, 0.3) is 0 Å². The smallest absolute Gasteiger partial charge is 0.472 e. The molecule has 0 fully saturated rings. The number of esters is 1. The van der Waals surface area contributed by atoms with E-state index in [9.17, 15) is 34.1 Å². The molecule has 3 atom stereocenters. The molecule has 64 heavy (non-hydrogen) atoms. The molecule has 0 aliphatic heterocycles. The summed E-state index contributed by atoms with van der Waals surface area (Å²) < 4.78 is 27.0. The number of ether oxygens (including phenoxy) is 1. The van der Waals surface area contributed by atoms with Gasteiger partial charge in [0.2, 0.25) is 5.91 Å². The van der Waals surface area contributed by atoms with Gasteiger partial charge in [-0.1, -0.05) is 231 Å². The standard InChI is InChI=1S/C52H100NO10P/c1-3-5-7-9-11-13-15-17-19-21-23-24-25-26-27-29-31-33-35-37-39-41-43-50(55)53-49(52(57)58)47-63-64(59,60)62-46-48(54)45-61-51(56)44-42-40-38-36-34-32-30-28-22-20-18-16-14-12-10-8-6-4-2/h20,22,48-49,54H,3-19,21,23-47H2,1-2H3,(H,53,55)(H,57,58)(H,59,60)/b22-20-. The van der Waals surface area contributed by atoms with Crippen molar-refractivity contribution in [1.82, 2.24) is 5.32 Å². The second kappa shape index (κ2) is 47.7. The number of hydrogen-bond donors (Lipinski definition) is 4. The molecule has 0 saturated carbocycles. The Bertz CT molecular complexity index is 1140. The molecule has 11 nitrogen and oxygen atoms in total. The van der Waals surface area contributed by atoms with Crippen molar-refractivity contribution >= 4 is 25.7 Å². The summed E-state index contributed by atoms with van der Waals surface area (Å²) in [5, 5.41) is 21.9. The summed E-state index contributed by atoms with van der Waals surface area (Å²) in [6.07, 6.45) is 50.9. The number of amides is 1. The van der Waals surface area contributed by atoms with Crippen LogP contribution in [-0.2, 0) is 32.7 Å². The molecule has 0 aromatic carbocycles. The Labute approximate surface area is 392 Å². The molecule has 1 amide bonds. The maximum atomic E-state index is 12.4. The van der Waals surface area contributed by atoms with Gasteiger partial charge in [-0.05, 0) is 38.5 Å². The van der Waals surface area contributed by atoms with Gasteiger partial charge in [0.05, 0.1) is 13.2 Å². The largest absolute Gasteiger partial charge is 0.480 e. The number of phosphoric acid groups is 1. The SMILES string of the molecule is CCCCCCCCC/C=C\CCCCCCCCCC(=O)OCC(O)COP(=O)(O)OCC(NC(=O)CCCCCCCCCCCCCCCCCCCCCCCC)C(=O)O. The monoisotopic (exact) mass is 930 g/mol. The van der Waals surface area contributed by atoms with Gasteiger partial charge in [-0.3, -0.25) is 18.6 Å². The van der Waals surface area contributed by atoms with Crippen molar-refractivity contribution in [2.45, 2.75) is 283 Å². The molecule has 4 N–H and O–H groups in total. The zero-order chi connectivity index (χ0) is 47.0. The number of allylic oxidation sites excluding steroid dienone is 2. The molecule has 0 heterocycles. The lowest BCUT2D eigenvalue weighted by molar-refractivity contribution is -0.147. The lowest BCUT2D eigenvalue weighted by Gasteiger charge is -2.18. The lowest BCUT2D eigenvalue weighted by Crippen LogP contribution is -2.43. The molecule has 378 valence electrons. The highest BCUT2D eigenvalue weighted by Gasteiger charge is 2.28. The fraction of sp³-hybridized carbons (Fsp3) is 0.904. The van der Waals surface area contributed by atoms with Crippen molar-refractivity contribution in [2.75, 3.05) is 19.8 Å². The highest BCUT2D eigenvalue weighted by atomic mass is 31.2. The number of aliphatic hydroxyl groups excluding tert-OH is 1. The molecule has 0 aromatic heterocycles. The molecule has 0 spiro atoms. The number of aliphatic hydroxyl groups is 1. The van der Waals surface area contributed by atoms with Crippen molar-refractivity contribution in [3.63, 3.8) is 0 Å². The van der Waals surface area contributed by atoms with E-state index in [4.69, 9.17) is 13.8 Å². The van der Waals surface area contributed by atoms with Crippen LogP contribution in [-0.4, -0.2) is 64.9 Å². The number of aliphatic carboxylic acids is 1. The molecule has 0 aliphatic rings. The lowest BCUT2D eigenvalue weighted by atomic mass is 10.0. The maximum Gasteiger partial charge on any atom is 0.472 e. The van der Waals surface area contributed by atoms with Gasteiger partial charge in [0, 0.05) is 12.8 Å². The molecule has 0 aliphatic carbocycles. The summed E-state index contributed by atoms with van der Waals surface area (Å²) >= 11 is 0. The Morgan fingerprint density at radius 2 is 0.812 bits per heavy atom. The number of hydrogen-bond acceptors (Lipinski definition) is 8. The van der Waals surface area contributed by atoms with Crippen molar-refractivity contribution in [3.8, 4) is 0 Å². The molecule has 0 saturated heterocycles. The highest BCUT2D eigenvalue weighted by molar-refractivity contribution is 7.47. The summed E-state index contributed by atoms with van der Waals surface area (Å²) in [4.78, 5) is 46.2. The van der Waals surface area contributed by atoms with Crippen LogP contribution in [0.25, 0.3) is 0 Å².